The Hall–Kier alpha value is -15.4. The lowest BCUT2D eigenvalue weighted by Gasteiger charge is -2.45. The van der Waals surface area contributed by atoms with Crippen molar-refractivity contribution in [2.24, 2.45) is 0 Å². The van der Waals surface area contributed by atoms with Crippen molar-refractivity contribution < 1.29 is 9.84 Å². The van der Waals surface area contributed by atoms with Crippen LogP contribution in [0.1, 0.15) is 136 Å². The Labute approximate surface area is 748 Å². The van der Waals surface area contributed by atoms with Crippen LogP contribution in [0.2, 0.25) is 0 Å². The van der Waals surface area contributed by atoms with Crippen LogP contribution < -0.4 is 27.7 Å². The van der Waals surface area contributed by atoms with E-state index in [1.54, 1.807) is 31.9 Å². The number of hydrogen-bond acceptors (Lipinski definition) is 22. The molecule has 13 heterocycles. The molecule has 8 aromatic carbocycles. The van der Waals surface area contributed by atoms with E-state index >= 15 is 0 Å². The number of aryl methyl sites for hydroxylation is 1. The summed E-state index contributed by atoms with van der Waals surface area (Å²) in [5.41, 5.74) is 46.4. The largest absolute Gasteiger partial charge is 0.480 e. The van der Waals surface area contributed by atoms with Crippen molar-refractivity contribution in [2.45, 2.75) is 120 Å². The van der Waals surface area contributed by atoms with E-state index in [-0.39, 0.29) is 5.92 Å². The average Bonchev–Trinajstić information content (AvgIpc) is 1.58. The summed E-state index contributed by atoms with van der Waals surface area (Å²) in [7, 11) is 1.63. The molecule has 0 amide bonds. The molecule has 130 heavy (non-hydrogen) atoms. The Morgan fingerprint density at radius 1 is 0.354 bits per heavy atom. The van der Waals surface area contributed by atoms with Gasteiger partial charge in [0.15, 0.2) is 11.6 Å². The van der Waals surface area contributed by atoms with Gasteiger partial charge in [-0.05, 0) is 127 Å². The predicted molar refractivity (Wildman–Crippen MR) is 511 cm³/mol. The highest BCUT2D eigenvalue weighted by atomic mass is 16.5. The number of aliphatic hydroxyl groups is 1. The zero-order valence-electron chi connectivity index (χ0n) is 72.1. The molecule has 9 N–H and O–H groups in total. The average molecular weight is 1710 g/mol. The van der Waals surface area contributed by atoms with Crippen molar-refractivity contribution in [3.63, 3.8) is 0 Å². The Morgan fingerprint density at radius 3 is 1.19 bits per heavy atom. The number of likely N-dealkylation sites (tertiary alicyclic amines) is 1. The molecule has 20 aromatic rings. The van der Waals surface area contributed by atoms with Crippen molar-refractivity contribution in [3.8, 4) is 96.2 Å². The number of β-amino-alcohol motifs (C(OH)–C–C–N with tert-alkyl or cyclic N) is 1. The number of aromatic nitrogens is 19. The van der Waals surface area contributed by atoms with Crippen LogP contribution in [0.5, 0.6) is 5.88 Å². The number of fused-ring (bicyclic) bond motifs is 8. The van der Waals surface area contributed by atoms with Gasteiger partial charge in [-0.15, -0.1) is 0 Å². The summed E-state index contributed by atoms with van der Waals surface area (Å²) in [5, 5.41) is 14.1. The van der Waals surface area contributed by atoms with E-state index in [9.17, 15) is 5.11 Å². The number of imidazole rings is 4. The van der Waals surface area contributed by atoms with Crippen LogP contribution in [-0.2, 0) is 0 Å². The molecular weight excluding hydrogens is 1620 g/mol. The molecule has 12 aromatic heterocycles. The summed E-state index contributed by atoms with van der Waals surface area (Å²) < 4.78 is 14.0. The SMILES string of the molecule is COc1nc(-c2ccccc2)nc2cc(-c3nc(C4CCC4)n4ccnc(N)c34)ccc12.Cc1nc(-c2ccccc2)nc2cc(-c3nc(C4CCC4)n4ccnc(N)c34)ccc12.Nc1nccn2c(C3CC(O)(CN4CCCC4)C3)nc(-c3ccc4ccc(-c5ccccc5)nc4c3)c12.Nc1nccn2c(C3CCC3)nc(-c3ccc4ncc(-c5ccccc5)nc4c3)c12. The highest BCUT2D eigenvalue weighted by Crippen LogP contribution is 2.49. The monoisotopic (exact) mass is 1710 g/mol. The lowest BCUT2D eigenvalue weighted by atomic mass is 9.70. The van der Waals surface area contributed by atoms with Crippen molar-refractivity contribution in [2.75, 3.05) is 49.7 Å². The standard InChI is InChI=1S/C30H30N6O.C25H22N6O.C25H22N6.C24H20N6/c31-28-27-26(22-9-8-21-10-11-24(33-25(21)16-22)20-6-2-1-3-7-20)34-29(36(27)15-12-32-28)23-17-30(37,18-23)19-35-13-4-5-14-35;1-32-25-18-11-10-17(14-19(18)28-23(30-25)15-6-3-2-4-7-15)20-21-22(26)27-12-13-31(21)24(29-20)16-8-5-9-16;1-15-19-11-10-18(14-20(19)29-24(28-15)16-6-3-2-4-7-16)21-22-23(26)27-12-13-31(22)25(30-21)17-8-5-9-17;25-23-22-21(29-24(16-7-4-8-16)30(22)12-11-26-23)17-9-10-18-19(13-17)28-20(14-27-18)15-5-2-1-3-6-15/h1-3,6-12,15-16,23,37H,4-5,13-14,17-19H2,(H2,31,32);2-4,6-7,10-14,16H,5,8-9H2,1H3,(H2,26,27);2-4,6-7,10-14,17H,5,8-9H2,1H3,(H2,26,27);1-3,5-6,9-14,16H,4,7-8H2,(H2,25,26). The van der Waals surface area contributed by atoms with Gasteiger partial charge in [0.1, 0.15) is 91.4 Å². The van der Waals surface area contributed by atoms with Gasteiger partial charge in [-0.1, -0.05) is 183 Å². The Bertz CT molecular complexity index is 7690. The zero-order chi connectivity index (χ0) is 87.7. The molecule has 4 aliphatic carbocycles. The number of nitrogen functional groups attached to an aromatic ring is 4. The van der Waals surface area contributed by atoms with Gasteiger partial charge in [0, 0.05) is 141 Å². The number of methoxy groups -OCH3 is 1. The maximum Gasteiger partial charge on any atom is 0.224 e. The van der Waals surface area contributed by atoms with Gasteiger partial charge < -0.3 is 37.7 Å². The lowest BCUT2D eigenvalue weighted by Crippen LogP contribution is -2.51. The molecule has 0 unspecified atom stereocenters. The van der Waals surface area contributed by atoms with Gasteiger partial charge in [0.25, 0.3) is 0 Å². The van der Waals surface area contributed by atoms with E-state index in [0.29, 0.717) is 65.6 Å². The number of anilines is 4. The van der Waals surface area contributed by atoms with Crippen molar-refractivity contribution >= 4 is 89.1 Å². The molecule has 26 nitrogen and oxygen atoms in total. The summed E-state index contributed by atoms with van der Waals surface area (Å²) in [5.74, 6) is 9.59. The molecule has 5 aliphatic rings. The van der Waals surface area contributed by atoms with E-state index in [1.807, 2.05) is 184 Å². The maximum absolute atomic E-state index is 11.2. The van der Waals surface area contributed by atoms with E-state index in [2.05, 4.69) is 113 Å². The van der Waals surface area contributed by atoms with Gasteiger partial charge in [0.05, 0.1) is 63.3 Å². The molecule has 1 saturated heterocycles. The van der Waals surface area contributed by atoms with Crippen LogP contribution in [0.4, 0.5) is 23.3 Å². The minimum atomic E-state index is -0.639. The van der Waals surface area contributed by atoms with Crippen LogP contribution in [0, 0.1) is 6.92 Å². The predicted octanol–water partition coefficient (Wildman–Crippen LogP) is 19.8. The third-order valence-electron chi connectivity index (χ3n) is 26.5. The number of benzene rings is 8. The first-order chi connectivity index (χ1) is 63.7. The minimum absolute atomic E-state index is 0.180. The van der Waals surface area contributed by atoms with Gasteiger partial charge in [-0.25, -0.2) is 64.8 Å². The van der Waals surface area contributed by atoms with Crippen LogP contribution in [0.15, 0.2) is 262 Å². The van der Waals surface area contributed by atoms with Crippen molar-refractivity contribution in [1.82, 2.24) is 97.3 Å². The molecule has 1 aliphatic heterocycles. The smallest absolute Gasteiger partial charge is 0.224 e. The number of pyridine rings is 1. The highest BCUT2D eigenvalue weighted by molar-refractivity contribution is 5.96. The molecule has 642 valence electrons. The minimum Gasteiger partial charge on any atom is -0.480 e. The van der Waals surface area contributed by atoms with E-state index in [4.69, 9.17) is 72.5 Å². The highest BCUT2D eigenvalue weighted by Gasteiger charge is 2.47. The van der Waals surface area contributed by atoms with E-state index in [0.717, 1.165) is 212 Å². The quantitative estimate of drug-likeness (QED) is 0.0636. The molecule has 0 atom stereocenters. The van der Waals surface area contributed by atoms with Crippen LogP contribution in [-0.4, -0.2) is 135 Å². The van der Waals surface area contributed by atoms with Crippen molar-refractivity contribution in [3.05, 3.63) is 291 Å². The van der Waals surface area contributed by atoms with E-state index < -0.39 is 5.60 Å². The van der Waals surface area contributed by atoms with Crippen LogP contribution in [0.3, 0.4) is 0 Å². The second-order valence-corrected chi connectivity index (χ2v) is 34.8. The summed E-state index contributed by atoms with van der Waals surface area (Å²) in [6.45, 7) is 4.96. The van der Waals surface area contributed by atoms with Crippen LogP contribution in [0.25, 0.3) is 156 Å². The first kappa shape index (κ1) is 80.4. The summed E-state index contributed by atoms with van der Waals surface area (Å²) in [4.78, 5) is 73.4. The zero-order valence-corrected chi connectivity index (χ0v) is 72.1. The molecular formula is C104H94N24O2. The first-order valence-electron chi connectivity index (χ1n) is 44.8. The lowest BCUT2D eigenvalue weighted by molar-refractivity contribution is -0.0704. The third-order valence-corrected chi connectivity index (χ3v) is 26.5. The fourth-order valence-electron chi connectivity index (χ4n) is 19.0. The third kappa shape index (κ3) is 15.1. The summed E-state index contributed by atoms with van der Waals surface area (Å²) >= 11 is 0. The van der Waals surface area contributed by atoms with Gasteiger partial charge in [-0.2, -0.15) is 4.98 Å². The molecule has 26 heteroatoms. The maximum atomic E-state index is 11.2. The molecule has 0 radical (unpaired) electrons. The molecule has 0 spiro atoms. The fraction of sp³-hybridized carbons (Fsp3) is 0.221. The number of nitrogens with zero attached hydrogens (tertiary/aromatic N) is 20. The molecule has 5 fully saturated rings. The Morgan fingerprint density at radius 2 is 0.738 bits per heavy atom. The molecule has 4 saturated carbocycles. The number of ether oxygens (including phenoxy) is 1. The number of nitrogens with two attached hydrogens (primary N) is 4. The summed E-state index contributed by atoms with van der Waals surface area (Å²) in [6, 6.07) is 69.1. The molecule has 25 rings (SSSR count). The summed E-state index contributed by atoms with van der Waals surface area (Å²) in [6.07, 6.45) is 31.2. The van der Waals surface area contributed by atoms with Gasteiger partial charge in [0.2, 0.25) is 5.88 Å². The van der Waals surface area contributed by atoms with Gasteiger partial charge in [-0.3, -0.25) is 22.6 Å². The second-order valence-electron chi connectivity index (χ2n) is 34.8. The molecule has 0 bridgehead atoms. The Kier molecular flexibility index (Phi) is 20.9. The van der Waals surface area contributed by atoms with Crippen molar-refractivity contribution in [1.29, 1.82) is 0 Å². The fourth-order valence-corrected chi connectivity index (χ4v) is 19.0. The normalized spacial score (nSPS) is 16.4. The van der Waals surface area contributed by atoms with E-state index in [1.165, 1.54) is 57.8 Å². The first-order valence-corrected chi connectivity index (χ1v) is 44.8. The second kappa shape index (κ2) is 33.7. The number of rotatable bonds is 15. The topological polar surface area (TPSA) is 348 Å². The van der Waals surface area contributed by atoms with Crippen LogP contribution >= 0.6 is 0 Å². The number of hydrogen-bond donors (Lipinski definition) is 5. The Balaban J connectivity index is 0.000000102. The van der Waals surface area contributed by atoms with Gasteiger partial charge >= 0.3 is 0 Å².